The number of hydrogen-bond acceptors (Lipinski definition) is 2. The van der Waals surface area contributed by atoms with Crippen LogP contribution in [0.2, 0.25) is 0 Å². The molecule has 0 unspecified atom stereocenters. The molecule has 1 aliphatic rings. The highest BCUT2D eigenvalue weighted by atomic mass is 19.1. The van der Waals surface area contributed by atoms with Crippen molar-refractivity contribution in [2.45, 2.75) is 26.3 Å². The van der Waals surface area contributed by atoms with Gasteiger partial charge in [0.25, 0.3) is 0 Å². The molecule has 1 fully saturated rings. The van der Waals surface area contributed by atoms with Crippen molar-refractivity contribution in [3.8, 4) is 0 Å². The van der Waals surface area contributed by atoms with Gasteiger partial charge in [0.1, 0.15) is 5.82 Å². The van der Waals surface area contributed by atoms with E-state index in [1.807, 2.05) is 0 Å². The molecule has 0 aliphatic carbocycles. The highest BCUT2D eigenvalue weighted by molar-refractivity contribution is 5.90. The van der Waals surface area contributed by atoms with Crippen LogP contribution in [-0.4, -0.2) is 24.0 Å². The first kappa shape index (κ1) is 13.8. The lowest BCUT2D eigenvalue weighted by Gasteiger charge is -2.30. The van der Waals surface area contributed by atoms with Crippen LogP contribution in [0.4, 0.5) is 14.9 Å². The molecule has 4 nitrogen and oxygen atoms in total. The molecule has 0 bridgehead atoms. The van der Waals surface area contributed by atoms with Gasteiger partial charge in [-0.1, -0.05) is 6.92 Å². The van der Waals surface area contributed by atoms with Crippen LogP contribution in [0.3, 0.4) is 0 Å². The Morgan fingerprint density at radius 3 is 2.79 bits per heavy atom. The number of piperidine rings is 1. The van der Waals surface area contributed by atoms with Gasteiger partial charge in [-0.2, -0.15) is 0 Å². The van der Waals surface area contributed by atoms with E-state index >= 15 is 0 Å². The predicted octanol–water partition coefficient (Wildman–Crippen LogP) is 2.55. The fourth-order valence-electron chi connectivity index (χ4n) is 2.26. The number of benzene rings is 1. The summed E-state index contributed by atoms with van der Waals surface area (Å²) in [5.41, 5.74) is 6.76. The molecule has 0 radical (unpaired) electrons. The normalized spacial score (nSPS) is 16.5. The van der Waals surface area contributed by atoms with Crippen LogP contribution in [-0.2, 0) is 6.54 Å². The second-order valence-electron chi connectivity index (χ2n) is 5.11. The summed E-state index contributed by atoms with van der Waals surface area (Å²) in [6, 6.07) is 4.11. The Kier molecular flexibility index (Phi) is 4.37. The topological polar surface area (TPSA) is 58.4 Å². The highest BCUT2D eigenvalue weighted by Gasteiger charge is 2.20. The van der Waals surface area contributed by atoms with Crippen molar-refractivity contribution in [3.63, 3.8) is 0 Å². The second-order valence-corrected chi connectivity index (χ2v) is 5.11. The van der Waals surface area contributed by atoms with Gasteiger partial charge in [-0.25, -0.2) is 9.18 Å². The molecule has 104 valence electrons. The Morgan fingerprint density at radius 2 is 2.16 bits per heavy atom. The molecule has 5 heteroatoms. The number of nitrogens with one attached hydrogen (secondary N) is 1. The molecule has 2 amide bonds. The van der Waals surface area contributed by atoms with Crippen molar-refractivity contribution in [3.05, 3.63) is 29.6 Å². The Balaban J connectivity index is 2.02. The number of likely N-dealkylation sites (tertiary alicyclic amines) is 1. The summed E-state index contributed by atoms with van der Waals surface area (Å²) in [5.74, 6) is 0.333. The summed E-state index contributed by atoms with van der Waals surface area (Å²) in [6.07, 6.45) is 2.06. The van der Waals surface area contributed by atoms with Crippen LogP contribution >= 0.6 is 0 Å². The zero-order valence-electron chi connectivity index (χ0n) is 11.2. The summed E-state index contributed by atoms with van der Waals surface area (Å²) in [7, 11) is 0. The summed E-state index contributed by atoms with van der Waals surface area (Å²) >= 11 is 0. The Labute approximate surface area is 112 Å². The first-order valence-electron chi connectivity index (χ1n) is 6.64. The number of carbonyl (C=O) groups is 1. The molecule has 19 heavy (non-hydrogen) atoms. The average molecular weight is 265 g/mol. The lowest BCUT2D eigenvalue weighted by atomic mass is 10.00. The molecule has 0 spiro atoms. The third-order valence-corrected chi connectivity index (χ3v) is 3.60. The fourth-order valence-corrected chi connectivity index (χ4v) is 2.26. The SMILES string of the molecule is CC1CCN(C(=O)Nc2ccc(F)cc2CN)CC1. The molecule has 0 aromatic heterocycles. The molecule has 1 aromatic rings. The molecule has 1 saturated heterocycles. The smallest absolute Gasteiger partial charge is 0.321 e. The van der Waals surface area contributed by atoms with Gasteiger partial charge in [-0.05, 0) is 42.5 Å². The first-order valence-corrected chi connectivity index (χ1v) is 6.64. The lowest BCUT2D eigenvalue weighted by Crippen LogP contribution is -2.40. The van der Waals surface area contributed by atoms with Crippen LogP contribution in [0.1, 0.15) is 25.3 Å². The molecular weight excluding hydrogens is 245 g/mol. The Hall–Kier alpha value is -1.62. The monoisotopic (exact) mass is 265 g/mol. The standard InChI is InChI=1S/C14H20FN3O/c1-10-4-6-18(7-5-10)14(19)17-13-3-2-12(15)8-11(13)9-16/h2-3,8,10H,4-7,9,16H2,1H3,(H,17,19). The van der Waals surface area contributed by atoms with E-state index in [1.54, 1.807) is 11.0 Å². The van der Waals surface area contributed by atoms with Gasteiger partial charge in [0.2, 0.25) is 0 Å². The minimum atomic E-state index is -0.342. The van der Waals surface area contributed by atoms with Gasteiger partial charge >= 0.3 is 6.03 Å². The van der Waals surface area contributed by atoms with Gasteiger partial charge in [-0.3, -0.25) is 0 Å². The summed E-state index contributed by atoms with van der Waals surface area (Å²) in [5, 5.41) is 2.81. The number of urea groups is 1. The van der Waals surface area contributed by atoms with Crippen molar-refractivity contribution < 1.29 is 9.18 Å². The molecule has 0 saturated carbocycles. The lowest BCUT2D eigenvalue weighted by molar-refractivity contribution is 0.186. The minimum absolute atomic E-state index is 0.131. The van der Waals surface area contributed by atoms with Gasteiger partial charge in [0, 0.05) is 25.3 Å². The van der Waals surface area contributed by atoms with Crippen molar-refractivity contribution in [2.24, 2.45) is 11.7 Å². The van der Waals surface area contributed by atoms with Crippen molar-refractivity contribution in [1.82, 2.24) is 4.90 Å². The number of amides is 2. The van der Waals surface area contributed by atoms with E-state index in [0.29, 0.717) is 17.2 Å². The first-order chi connectivity index (χ1) is 9.10. The average Bonchev–Trinajstić information content (AvgIpc) is 2.41. The van der Waals surface area contributed by atoms with E-state index in [-0.39, 0.29) is 18.4 Å². The quantitative estimate of drug-likeness (QED) is 0.863. The van der Waals surface area contributed by atoms with Crippen molar-refractivity contribution in [2.75, 3.05) is 18.4 Å². The van der Waals surface area contributed by atoms with Crippen LogP contribution in [0, 0.1) is 11.7 Å². The van der Waals surface area contributed by atoms with E-state index < -0.39 is 0 Å². The molecule has 2 rings (SSSR count). The molecule has 1 aliphatic heterocycles. The maximum atomic E-state index is 13.1. The summed E-state index contributed by atoms with van der Waals surface area (Å²) in [6.45, 7) is 3.93. The maximum Gasteiger partial charge on any atom is 0.321 e. The van der Waals surface area contributed by atoms with Gasteiger partial charge in [-0.15, -0.1) is 0 Å². The largest absolute Gasteiger partial charge is 0.326 e. The maximum absolute atomic E-state index is 13.1. The number of nitrogens with zero attached hydrogens (tertiary/aromatic N) is 1. The predicted molar refractivity (Wildman–Crippen MR) is 73.3 cm³/mol. The zero-order chi connectivity index (χ0) is 13.8. The van der Waals surface area contributed by atoms with Gasteiger partial charge < -0.3 is 16.0 Å². The number of nitrogens with two attached hydrogens (primary N) is 1. The molecule has 0 atom stereocenters. The fraction of sp³-hybridized carbons (Fsp3) is 0.500. The van der Waals surface area contributed by atoms with Crippen LogP contribution in [0.15, 0.2) is 18.2 Å². The van der Waals surface area contributed by atoms with E-state index in [1.165, 1.54) is 12.1 Å². The van der Waals surface area contributed by atoms with Crippen LogP contribution < -0.4 is 11.1 Å². The van der Waals surface area contributed by atoms with E-state index in [2.05, 4.69) is 12.2 Å². The number of halogens is 1. The Morgan fingerprint density at radius 1 is 1.47 bits per heavy atom. The second kappa shape index (κ2) is 6.02. The van der Waals surface area contributed by atoms with Crippen LogP contribution in [0.25, 0.3) is 0 Å². The van der Waals surface area contributed by atoms with Gasteiger partial charge in [0.15, 0.2) is 0 Å². The third kappa shape index (κ3) is 3.44. The van der Waals surface area contributed by atoms with Crippen LogP contribution in [0.5, 0.6) is 0 Å². The summed E-state index contributed by atoms with van der Waals surface area (Å²) in [4.78, 5) is 13.9. The number of carbonyl (C=O) groups excluding carboxylic acids is 1. The molecule has 3 N–H and O–H groups in total. The van der Waals surface area contributed by atoms with E-state index in [4.69, 9.17) is 5.73 Å². The van der Waals surface area contributed by atoms with Gasteiger partial charge in [0.05, 0.1) is 0 Å². The van der Waals surface area contributed by atoms with Crippen molar-refractivity contribution in [1.29, 1.82) is 0 Å². The minimum Gasteiger partial charge on any atom is -0.326 e. The number of anilines is 1. The number of hydrogen-bond donors (Lipinski definition) is 2. The van der Waals surface area contributed by atoms with E-state index in [0.717, 1.165) is 25.9 Å². The third-order valence-electron chi connectivity index (χ3n) is 3.60. The summed E-state index contributed by atoms with van der Waals surface area (Å²) < 4.78 is 13.1. The number of rotatable bonds is 2. The van der Waals surface area contributed by atoms with E-state index in [9.17, 15) is 9.18 Å². The molecular formula is C14H20FN3O. The Bertz CT molecular complexity index is 456. The molecule has 1 aromatic carbocycles. The highest BCUT2D eigenvalue weighted by Crippen LogP contribution is 2.20. The zero-order valence-corrected chi connectivity index (χ0v) is 11.2. The molecule has 1 heterocycles. The van der Waals surface area contributed by atoms with Crippen molar-refractivity contribution >= 4 is 11.7 Å².